The lowest BCUT2D eigenvalue weighted by Crippen LogP contribution is -2.52. The van der Waals surface area contributed by atoms with E-state index in [0.717, 1.165) is 21.9 Å². The van der Waals surface area contributed by atoms with Crippen molar-refractivity contribution in [2.24, 2.45) is 0 Å². The molecule has 3 rings (SSSR count). The summed E-state index contributed by atoms with van der Waals surface area (Å²) in [5, 5.41) is 3.43. The van der Waals surface area contributed by atoms with E-state index in [1.54, 1.807) is 62.4 Å². The van der Waals surface area contributed by atoms with E-state index in [1.165, 1.54) is 17.0 Å². The highest BCUT2D eigenvalue weighted by atomic mass is 35.5. The molecule has 9 heteroatoms. The van der Waals surface area contributed by atoms with E-state index >= 15 is 0 Å². The van der Waals surface area contributed by atoms with E-state index < -0.39 is 28.5 Å². The van der Waals surface area contributed by atoms with E-state index in [2.05, 4.69) is 5.32 Å². The van der Waals surface area contributed by atoms with Gasteiger partial charge < -0.3 is 10.2 Å². The average molecular weight is 570 g/mol. The summed E-state index contributed by atoms with van der Waals surface area (Å²) >= 11 is 6.19. The number of amides is 2. The number of nitrogens with one attached hydrogen (secondary N) is 1. The number of anilines is 1. The molecule has 1 N–H and O–H groups in total. The number of hydrogen-bond acceptors (Lipinski definition) is 4. The van der Waals surface area contributed by atoms with Gasteiger partial charge in [-0.25, -0.2) is 8.42 Å². The number of sulfonamides is 1. The maximum absolute atomic E-state index is 14.0. The lowest BCUT2D eigenvalue weighted by Gasteiger charge is -2.33. The van der Waals surface area contributed by atoms with Crippen LogP contribution >= 0.6 is 11.6 Å². The van der Waals surface area contributed by atoms with E-state index in [9.17, 15) is 18.0 Å². The van der Waals surface area contributed by atoms with E-state index in [1.807, 2.05) is 32.9 Å². The van der Waals surface area contributed by atoms with Crippen molar-refractivity contribution in [3.8, 4) is 0 Å². The molecule has 0 aliphatic heterocycles. The van der Waals surface area contributed by atoms with Gasteiger partial charge in [0.15, 0.2) is 0 Å². The van der Waals surface area contributed by atoms with Crippen LogP contribution in [0.15, 0.2) is 77.7 Å². The van der Waals surface area contributed by atoms with Gasteiger partial charge in [-0.3, -0.25) is 13.9 Å². The molecule has 3 aromatic rings. The van der Waals surface area contributed by atoms with Crippen LogP contribution < -0.4 is 9.62 Å². The minimum absolute atomic E-state index is 0.0755. The van der Waals surface area contributed by atoms with Gasteiger partial charge >= 0.3 is 0 Å². The Morgan fingerprint density at radius 3 is 2.23 bits per heavy atom. The monoisotopic (exact) mass is 569 g/mol. The predicted octanol–water partition coefficient (Wildman–Crippen LogP) is 5.48. The zero-order chi connectivity index (χ0) is 28.7. The fraction of sp³-hybridized carbons (Fsp3) is 0.333. The fourth-order valence-corrected chi connectivity index (χ4v) is 5.77. The quantitative estimate of drug-likeness (QED) is 0.331. The molecule has 0 unspecified atom stereocenters. The highest BCUT2D eigenvalue weighted by Gasteiger charge is 2.33. The van der Waals surface area contributed by atoms with Crippen LogP contribution in [0.25, 0.3) is 0 Å². The Hall–Kier alpha value is -3.36. The Kier molecular flexibility index (Phi) is 10.2. The van der Waals surface area contributed by atoms with Gasteiger partial charge in [0.25, 0.3) is 10.0 Å². The first-order valence-corrected chi connectivity index (χ1v) is 14.7. The number of nitrogens with zero attached hydrogens (tertiary/aromatic N) is 2. The maximum Gasteiger partial charge on any atom is 0.264 e. The topological polar surface area (TPSA) is 86.8 Å². The highest BCUT2D eigenvalue weighted by molar-refractivity contribution is 7.92. The van der Waals surface area contributed by atoms with Crippen molar-refractivity contribution in [3.05, 3.63) is 94.5 Å². The molecule has 2 amide bonds. The van der Waals surface area contributed by atoms with Crippen molar-refractivity contribution in [1.82, 2.24) is 10.2 Å². The molecule has 0 fully saturated rings. The van der Waals surface area contributed by atoms with Crippen LogP contribution in [0.3, 0.4) is 0 Å². The molecule has 0 aromatic heterocycles. The molecule has 0 heterocycles. The molecule has 0 aliphatic rings. The van der Waals surface area contributed by atoms with Crippen LogP contribution in [-0.2, 0) is 26.2 Å². The third kappa shape index (κ3) is 7.61. The molecule has 0 aliphatic carbocycles. The molecule has 0 saturated carbocycles. The lowest BCUT2D eigenvalue weighted by atomic mass is 10.1. The third-order valence-electron chi connectivity index (χ3n) is 6.68. The predicted molar refractivity (Wildman–Crippen MR) is 156 cm³/mol. The van der Waals surface area contributed by atoms with E-state index in [-0.39, 0.29) is 23.4 Å². The molecular formula is C30H36ClN3O4S. The van der Waals surface area contributed by atoms with Crippen molar-refractivity contribution >= 4 is 39.1 Å². The standard InChI is InChI=1S/C30H36ClN3O4S/c1-6-23(4)32-30(36)24(5)33(19-25-11-9-12-26(31)18-25)29(35)20-34(28-13-8-7-10-22(28)3)39(37,38)27-16-14-21(2)15-17-27/h7-18,23-24H,6,19-20H2,1-5H3,(H,32,36)/t23-,24+/m0/s1. The smallest absolute Gasteiger partial charge is 0.264 e. The summed E-state index contributed by atoms with van der Waals surface area (Å²) < 4.78 is 28.9. The molecule has 39 heavy (non-hydrogen) atoms. The second kappa shape index (κ2) is 13.1. The van der Waals surface area contributed by atoms with Gasteiger partial charge in [0, 0.05) is 17.6 Å². The third-order valence-corrected chi connectivity index (χ3v) is 8.69. The van der Waals surface area contributed by atoms with Crippen LogP contribution in [0.5, 0.6) is 0 Å². The van der Waals surface area contributed by atoms with Gasteiger partial charge in [-0.2, -0.15) is 0 Å². The number of para-hydroxylation sites is 1. The summed E-state index contributed by atoms with van der Waals surface area (Å²) in [6.45, 7) is 8.76. The molecule has 208 valence electrons. The van der Waals surface area contributed by atoms with Crippen molar-refractivity contribution in [3.63, 3.8) is 0 Å². The Labute approximate surface area is 236 Å². The summed E-state index contributed by atoms with van der Waals surface area (Å²) in [5.74, 6) is -0.829. The Balaban J connectivity index is 2.04. The van der Waals surface area contributed by atoms with Gasteiger partial charge in [0.1, 0.15) is 12.6 Å². The fourth-order valence-electron chi connectivity index (χ4n) is 4.07. The summed E-state index contributed by atoms with van der Waals surface area (Å²) in [6.07, 6.45) is 0.733. The zero-order valence-electron chi connectivity index (χ0n) is 23.0. The normalized spacial score (nSPS) is 12.9. The van der Waals surface area contributed by atoms with Gasteiger partial charge in [-0.15, -0.1) is 0 Å². The summed E-state index contributed by atoms with van der Waals surface area (Å²) in [6, 6.07) is 19.6. The van der Waals surface area contributed by atoms with E-state index in [4.69, 9.17) is 11.6 Å². The Bertz CT molecular complexity index is 1410. The van der Waals surface area contributed by atoms with Gasteiger partial charge in [0.05, 0.1) is 10.6 Å². The summed E-state index contributed by atoms with van der Waals surface area (Å²) in [5.41, 5.74) is 2.74. The van der Waals surface area contributed by atoms with Gasteiger partial charge in [-0.05, 0) is 75.6 Å². The van der Waals surface area contributed by atoms with Crippen LogP contribution in [0.1, 0.15) is 43.9 Å². The van der Waals surface area contributed by atoms with Crippen molar-refractivity contribution < 1.29 is 18.0 Å². The second-order valence-electron chi connectivity index (χ2n) is 9.76. The first-order valence-electron chi connectivity index (χ1n) is 12.9. The summed E-state index contributed by atoms with van der Waals surface area (Å²) in [4.78, 5) is 28.6. The molecule has 0 bridgehead atoms. The minimum atomic E-state index is -4.11. The molecule has 0 spiro atoms. The van der Waals surface area contributed by atoms with Crippen LogP contribution in [0.4, 0.5) is 5.69 Å². The lowest BCUT2D eigenvalue weighted by molar-refractivity contribution is -0.139. The zero-order valence-corrected chi connectivity index (χ0v) is 24.6. The largest absolute Gasteiger partial charge is 0.352 e. The van der Waals surface area contributed by atoms with Crippen molar-refractivity contribution in [2.45, 2.75) is 64.6 Å². The number of rotatable bonds is 11. The Morgan fingerprint density at radius 2 is 1.62 bits per heavy atom. The van der Waals surface area contributed by atoms with Crippen LogP contribution in [0.2, 0.25) is 5.02 Å². The number of halogens is 1. The van der Waals surface area contributed by atoms with Crippen LogP contribution in [0, 0.1) is 13.8 Å². The second-order valence-corrected chi connectivity index (χ2v) is 12.1. The number of aryl methyl sites for hydroxylation is 2. The SMILES string of the molecule is CC[C@H](C)NC(=O)[C@@H](C)N(Cc1cccc(Cl)c1)C(=O)CN(c1ccccc1C)S(=O)(=O)c1ccc(C)cc1. The van der Waals surface area contributed by atoms with Crippen molar-refractivity contribution in [1.29, 1.82) is 0 Å². The average Bonchev–Trinajstić information content (AvgIpc) is 2.90. The van der Waals surface area contributed by atoms with Crippen LogP contribution in [-0.4, -0.2) is 43.8 Å². The number of benzene rings is 3. The van der Waals surface area contributed by atoms with E-state index in [0.29, 0.717) is 16.3 Å². The number of hydrogen-bond donors (Lipinski definition) is 1. The van der Waals surface area contributed by atoms with Gasteiger partial charge in [0.2, 0.25) is 11.8 Å². The summed E-state index contributed by atoms with van der Waals surface area (Å²) in [7, 11) is -4.11. The van der Waals surface area contributed by atoms with Crippen molar-refractivity contribution in [2.75, 3.05) is 10.8 Å². The minimum Gasteiger partial charge on any atom is -0.352 e. The first-order chi connectivity index (χ1) is 18.4. The first kappa shape index (κ1) is 30.2. The Morgan fingerprint density at radius 1 is 0.949 bits per heavy atom. The number of carbonyl (C=O) groups is 2. The maximum atomic E-state index is 14.0. The molecular weight excluding hydrogens is 534 g/mol. The highest BCUT2D eigenvalue weighted by Crippen LogP contribution is 2.27. The molecule has 7 nitrogen and oxygen atoms in total. The van der Waals surface area contributed by atoms with Gasteiger partial charge in [-0.1, -0.05) is 66.6 Å². The molecule has 2 atom stereocenters. The molecule has 3 aromatic carbocycles. The molecule has 0 saturated heterocycles. The molecule has 0 radical (unpaired) electrons. The number of carbonyl (C=O) groups excluding carboxylic acids is 2.